The first-order valence-electron chi connectivity index (χ1n) is 11.1. The predicted molar refractivity (Wildman–Crippen MR) is 118 cm³/mol. The number of halogens is 1. The molecule has 0 aromatic heterocycles. The Morgan fingerprint density at radius 3 is 2.45 bits per heavy atom. The maximum Gasteiger partial charge on any atom is 0.344 e. The van der Waals surface area contributed by atoms with Crippen molar-refractivity contribution in [3.63, 3.8) is 0 Å². The van der Waals surface area contributed by atoms with Crippen molar-refractivity contribution < 1.29 is 33.4 Å². The van der Waals surface area contributed by atoms with Crippen LogP contribution >= 0.6 is 22.6 Å². The maximum absolute atomic E-state index is 12.8. The smallest absolute Gasteiger partial charge is 0.344 e. The minimum atomic E-state index is -0.589. The van der Waals surface area contributed by atoms with Crippen LogP contribution in [0.2, 0.25) is 0 Å². The van der Waals surface area contributed by atoms with Gasteiger partial charge in [-0.3, -0.25) is 14.4 Å². The summed E-state index contributed by atoms with van der Waals surface area (Å²) in [7, 11) is 0. The molecule has 4 fully saturated rings. The summed E-state index contributed by atoms with van der Waals surface area (Å²) in [5.41, 5.74) is -0.777. The fourth-order valence-electron chi connectivity index (χ4n) is 6.83. The van der Waals surface area contributed by atoms with Crippen molar-refractivity contribution in [2.24, 2.45) is 40.4 Å². The third-order valence-corrected chi connectivity index (χ3v) is 9.63. The van der Waals surface area contributed by atoms with Gasteiger partial charge in [0.15, 0.2) is 6.61 Å². The van der Waals surface area contributed by atoms with Gasteiger partial charge in [0.25, 0.3) is 0 Å². The van der Waals surface area contributed by atoms with Gasteiger partial charge in [0.1, 0.15) is 6.10 Å². The van der Waals surface area contributed by atoms with Crippen LogP contribution < -0.4 is 0 Å². The van der Waals surface area contributed by atoms with Crippen LogP contribution in [0.5, 0.6) is 0 Å². The number of esters is 4. The molecule has 172 valence electrons. The second-order valence-electron chi connectivity index (χ2n) is 11.0. The predicted octanol–water partition coefficient (Wildman–Crippen LogP) is 3.45. The Balaban J connectivity index is 1.37. The molecule has 8 heteroatoms. The molecule has 4 rings (SSSR count). The monoisotopic (exact) mass is 546 g/mol. The van der Waals surface area contributed by atoms with E-state index in [0.717, 1.165) is 12.8 Å². The number of alkyl halides is 1. The lowest BCUT2D eigenvalue weighted by atomic mass is 9.75. The number of carbonyl (C=O) groups excluding carboxylic acids is 4. The van der Waals surface area contributed by atoms with Gasteiger partial charge >= 0.3 is 23.9 Å². The molecule has 0 radical (unpaired) electrons. The quantitative estimate of drug-likeness (QED) is 0.166. The highest BCUT2D eigenvalue weighted by Gasteiger charge is 2.69. The van der Waals surface area contributed by atoms with Crippen molar-refractivity contribution in [3.05, 3.63) is 0 Å². The van der Waals surface area contributed by atoms with Crippen LogP contribution in [-0.2, 0) is 33.4 Å². The van der Waals surface area contributed by atoms with Crippen LogP contribution in [0.25, 0.3) is 0 Å². The van der Waals surface area contributed by atoms with Gasteiger partial charge in [-0.05, 0) is 49.4 Å². The van der Waals surface area contributed by atoms with E-state index in [2.05, 4.69) is 50.3 Å². The molecular formula is C23H31IO7. The summed E-state index contributed by atoms with van der Waals surface area (Å²) in [6.07, 6.45) is 1.89. The Bertz CT molecular complexity index is 832. The zero-order valence-electron chi connectivity index (χ0n) is 18.7. The third kappa shape index (κ3) is 3.60. The van der Waals surface area contributed by atoms with Crippen LogP contribution in [0.15, 0.2) is 0 Å². The molecule has 1 saturated heterocycles. The van der Waals surface area contributed by atoms with Crippen molar-refractivity contribution >= 4 is 46.5 Å². The van der Waals surface area contributed by atoms with Gasteiger partial charge in [0, 0.05) is 15.8 Å². The zero-order chi connectivity index (χ0) is 22.9. The number of carbonyl (C=O) groups is 4. The number of rotatable bonds is 6. The topological polar surface area (TPSA) is 96.0 Å². The fraction of sp³-hybridized carbons (Fsp3) is 0.826. The van der Waals surface area contributed by atoms with Gasteiger partial charge in [-0.1, -0.05) is 50.3 Å². The van der Waals surface area contributed by atoms with Crippen LogP contribution in [0, 0.1) is 40.4 Å². The first-order chi connectivity index (χ1) is 14.3. The molecular weight excluding hydrogens is 515 g/mol. The minimum absolute atomic E-state index is 0.0476. The lowest BCUT2D eigenvalue weighted by Crippen LogP contribution is -2.44. The standard InChI is InChI=1S/C23H31IO7/c1-11(2)8-23(10-22(23,5)24)20(28)29-9-16(26)30-14-7-13-12-6-15(25)31-19(27)17(12)18(14)21(13,3)4/h11-14,17-18H,6-10H2,1-5H3/t12?,13?,14?,17?,18?,22-,23?/m1/s1. The molecule has 3 saturated carbocycles. The average Bonchev–Trinajstić information content (AvgIpc) is 2.98. The van der Waals surface area contributed by atoms with Crippen molar-refractivity contribution in [2.45, 2.75) is 69.8 Å². The highest BCUT2D eigenvalue weighted by atomic mass is 127. The van der Waals surface area contributed by atoms with Gasteiger partial charge in [-0.25, -0.2) is 4.79 Å². The van der Waals surface area contributed by atoms with Crippen molar-refractivity contribution in [2.75, 3.05) is 6.61 Å². The molecule has 2 bridgehead atoms. The van der Waals surface area contributed by atoms with Crippen molar-refractivity contribution in [1.82, 2.24) is 0 Å². The Morgan fingerprint density at radius 1 is 1.23 bits per heavy atom. The molecule has 0 spiro atoms. The number of ether oxygens (including phenoxy) is 3. The molecule has 3 aliphatic carbocycles. The van der Waals surface area contributed by atoms with E-state index in [1.165, 1.54) is 0 Å². The lowest BCUT2D eigenvalue weighted by molar-refractivity contribution is -0.180. The number of hydrogen-bond acceptors (Lipinski definition) is 7. The fourth-order valence-corrected chi connectivity index (χ4v) is 7.92. The number of hydrogen-bond donors (Lipinski definition) is 0. The molecule has 31 heavy (non-hydrogen) atoms. The van der Waals surface area contributed by atoms with E-state index in [1.807, 2.05) is 6.92 Å². The van der Waals surface area contributed by atoms with Crippen LogP contribution in [0.4, 0.5) is 0 Å². The number of fused-ring (bicyclic) bond motifs is 5. The lowest BCUT2D eigenvalue weighted by Gasteiger charge is -2.35. The van der Waals surface area contributed by atoms with E-state index in [9.17, 15) is 19.2 Å². The van der Waals surface area contributed by atoms with Gasteiger partial charge in [-0.15, -0.1) is 0 Å². The summed E-state index contributed by atoms with van der Waals surface area (Å²) in [4.78, 5) is 49.5. The summed E-state index contributed by atoms with van der Waals surface area (Å²) in [6.45, 7) is 9.89. The van der Waals surface area contributed by atoms with Crippen molar-refractivity contribution in [1.29, 1.82) is 0 Å². The molecule has 7 atom stereocenters. The molecule has 1 aliphatic heterocycles. The van der Waals surface area contributed by atoms with E-state index >= 15 is 0 Å². The van der Waals surface area contributed by atoms with Gasteiger partial charge < -0.3 is 14.2 Å². The van der Waals surface area contributed by atoms with Gasteiger partial charge in [0.05, 0.1) is 11.3 Å². The minimum Gasteiger partial charge on any atom is -0.460 e. The number of cyclic esters (lactones) is 2. The van der Waals surface area contributed by atoms with Gasteiger partial charge in [0.2, 0.25) is 0 Å². The van der Waals surface area contributed by atoms with Crippen LogP contribution in [-0.4, -0.2) is 40.0 Å². The largest absolute Gasteiger partial charge is 0.460 e. The molecule has 1 heterocycles. The van der Waals surface area contributed by atoms with Crippen LogP contribution in [0.3, 0.4) is 0 Å². The van der Waals surface area contributed by atoms with E-state index in [4.69, 9.17) is 14.2 Å². The highest BCUT2D eigenvalue weighted by Crippen LogP contribution is 2.67. The summed E-state index contributed by atoms with van der Waals surface area (Å²) >= 11 is 2.30. The summed E-state index contributed by atoms with van der Waals surface area (Å²) in [6, 6.07) is 0. The normalized spacial score (nSPS) is 42.2. The molecule has 0 amide bonds. The molecule has 4 aliphatic rings. The summed E-state index contributed by atoms with van der Waals surface area (Å²) in [5.74, 6) is -2.10. The molecule has 0 N–H and O–H groups in total. The van der Waals surface area contributed by atoms with E-state index in [-0.39, 0.29) is 39.0 Å². The van der Waals surface area contributed by atoms with E-state index in [0.29, 0.717) is 12.3 Å². The second-order valence-corrected chi connectivity index (χ2v) is 13.4. The van der Waals surface area contributed by atoms with E-state index in [1.54, 1.807) is 0 Å². The Kier molecular flexibility index (Phi) is 5.50. The maximum atomic E-state index is 12.8. The molecule has 6 unspecified atom stereocenters. The molecule has 0 aromatic rings. The van der Waals surface area contributed by atoms with E-state index < -0.39 is 42.0 Å². The Morgan fingerprint density at radius 2 is 1.87 bits per heavy atom. The summed E-state index contributed by atoms with van der Waals surface area (Å²) < 4.78 is 15.8. The average molecular weight is 546 g/mol. The highest BCUT2D eigenvalue weighted by molar-refractivity contribution is 14.1. The second kappa shape index (κ2) is 7.42. The SMILES string of the molecule is CC(C)CC1(C(=O)OCC(=O)OC2CC3C4CC(=O)OC(=O)C4C2C3(C)C)C[C@@]1(C)I. The summed E-state index contributed by atoms with van der Waals surface area (Å²) in [5, 5.41) is 0. The third-order valence-electron chi connectivity index (χ3n) is 8.21. The Hall–Kier alpha value is -1.19. The molecule has 7 nitrogen and oxygen atoms in total. The van der Waals surface area contributed by atoms with Gasteiger partial charge in [-0.2, -0.15) is 0 Å². The Labute approximate surface area is 196 Å². The molecule has 0 aromatic carbocycles. The van der Waals surface area contributed by atoms with Crippen LogP contribution in [0.1, 0.15) is 60.3 Å². The zero-order valence-corrected chi connectivity index (χ0v) is 20.9. The first-order valence-corrected chi connectivity index (χ1v) is 12.2. The van der Waals surface area contributed by atoms with Crippen molar-refractivity contribution in [3.8, 4) is 0 Å². The first kappa shape index (κ1) is 23.0.